The maximum absolute atomic E-state index is 13.2. The van der Waals surface area contributed by atoms with Crippen LogP contribution in [0, 0.1) is 0 Å². The van der Waals surface area contributed by atoms with E-state index in [1.807, 2.05) is 29.2 Å². The zero-order valence-corrected chi connectivity index (χ0v) is 25.7. The Bertz CT molecular complexity index is 742. The number of hydrogen-bond donors (Lipinski definition) is 2. The average molecular weight is 564 g/mol. The first-order valence-corrected chi connectivity index (χ1v) is 16.6. The van der Waals surface area contributed by atoms with Crippen LogP contribution < -0.4 is 9.64 Å². The van der Waals surface area contributed by atoms with Crippen molar-refractivity contribution >= 4 is 30.2 Å². The van der Waals surface area contributed by atoms with E-state index in [4.69, 9.17) is 9.84 Å². The number of carboxylic acids is 1. The molecular formula is C33H57NO4S. The smallest absolute Gasteiger partial charge is 0.303 e. The number of anilines is 1. The van der Waals surface area contributed by atoms with Gasteiger partial charge in [-0.25, -0.2) is 0 Å². The molecule has 0 spiro atoms. The number of benzene rings is 1. The van der Waals surface area contributed by atoms with E-state index in [0.717, 1.165) is 75.1 Å². The fraction of sp³-hybridized carbons (Fsp3) is 0.758. The van der Waals surface area contributed by atoms with E-state index < -0.39 is 5.97 Å². The Labute approximate surface area is 244 Å². The van der Waals surface area contributed by atoms with E-state index in [9.17, 15) is 9.59 Å². The average Bonchev–Trinajstić information content (AvgIpc) is 2.93. The van der Waals surface area contributed by atoms with E-state index in [2.05, 4.69) is 19.6 Å². The first kappa shape index (κ1) is 35.3. The lowest BCUT2D eigenvalue weighted by atomic mass is 10.0. The molecule has 6 heteroatoms. The quantitative estimate of drug-likeness (QED) is 0.0826. The van der Waals surface area contributed by atoms with Gasteiger partial charge in [-0.3, -0.25) is 9.59 Å². The molecule has 0 saturated heterocycles. The van der Waals surface area contributed by atoms with Gasteiger partial charge in [-0.15, -0.1) is 0 Å². The van der Waals surface area contributed by atoms with Gasteiger partial charge in [0.2, 0.25) is 5.91 Å². The molecule has 1 amide bonds. The lowest BCUT2D eigenvalue weighted by Crippen LogP contribution is -2.32. The Morgan fingerprint density at radius 2 is 1.23 bits per heavy atom. The number of carboxylic acid groups (broad SMARTS) is 1. The maximum atomic E-state index is 13.2. The molecule has 0 fully saturated rings. The molecule has 0 aliphatic carbocycles. The minimum Gasteiger partial charge on any atom is -0.491 e. The van der Waals surface area contributed by atoms with Crippen molar-refractivity contribution in [2.75, 3.05) is 23.8 Å². The van der Waals surface area contributed by atoms with Crippen LogP contribution in [-0.4, -0.2) is 35.9 Å². The van der Waals surface area contributed by atoms with Gasteiger partial charge in [0.15, 0.2) is 0 Å². The van der Waals surface area contributed by atoms with Gasteiger partial charge < -0.3 is 14.7 Å². The highest BCUT2D eigenvalue weighted by atomic mass is 32.1. The monoisotopic (exact) mass is 563 g/mol. The Balaban J connectivity index is 2.15. The standard InChI is InChI=1S/C33H57NO4S/c1-2-3-27-34(30-23-19-20-24-31(30)38-28-21-22-29-39)32(35)25-17-15-13-11-9-7-5-4-6-8-10-12-14-16-18-26-33(36)37/h19-20,23-24,39H,2-18,21-22,25-29H2,1H3,(H,36,37). The van der Waals surface area contributed by atoms with Crippen molar-refractivity contribution in [3.8, 4) is 5.75 Å². The summed E-state index contributed by atoms with van der Waals surface area (Å²) in [5.74, 6) is 1.23. The molecule has 1 aromatic carbocycles. The van der Waals surface area contributed by atoms with E-state index in [1.165, 1.54) is 70.6 Å². The first-order chi connectivity index (χ1) is 19.1. The summed E-state index contributed by atoms with van der Waals surface area (Å²) in [7, 11) is 0. The minimum absolute atomic E-state index is 0.218. The van der Waals surface area contributed by atoms with Gasteiger partial charge in [-0.05, 0) is 50.0 Å². The Hall–Kier alpha value is -1.69. The lowest BCUT2D eigenvalue weighted by molar-refractivity contribution is -0.137. The van der Waals surface area contributed by atoms with Crippen LogP contribution in [0.5, 0.6) is 5.75 Å². The molecule has 0 unspecified atom stereocenters. The number of hydrogen-bond acceptors (Lipinski definition) is 4. The maximum Gasteiger partial charge on any atom is 0.303 e. The second kappa shape index (κ2) is 25.3. The molecule has 1 N–H and O–H groups in total. The van der Waals surface area contributed by atoms with E-state index in [0.29, 0.717) is 19.4 Å². The first-order valence-electron chi connectivity index (χ1n) is 15.9. The molecule has 0 radical (unpaired) electrons. The SMILES string of the molecule is CCCCN(C(=O)CCCCCCCCCCCCCCCCCC(=O)O)c1ccccc1OCCCCS. The highest BCUT2D eigenvalue weighted by molar-refractivity contribution is 7.80. The Kier molecular flexibility index (Phi) is 22.9. The number of ether oxygens (including phenoxy) is 1. The highest BCUT2D eigenvalue weighted by Gasteiger charge is 2.18. The van der Waals surface area contributed by atoms with Gasteiger partial charge in [-0.1, -0.05) is 109 Å². The van der Waals surface area contributed by atoms with Crippen molar-refractivity contribution < 1.29 is 19.4 Å². The van der Waals surface area contributed by atoms with Crippen LogP contribution in [0.3, 0.4) is 0 Å². The summed E-state index contributed by atoms with van der Waals surface area (Å²) in [6.07, 6.45) is 23.1. The number of thiol groups is 1. The predicted molar refractivity (Wildman–Crippen MR) is 168 cm³/mol. The number of unbranched alkanes of at least 4 members (excludes halogenated alkanes) is 16. The number of para-hydroxylation sites is 2. The number of nitrogens with zero attached hydrogens (tertiary/aromatic N) is 1. The molecule has 0 aliphatic heterocycles. The van der Waals surface area contributed by atoms with Crippen LogP contribution in [0.15, 0.2) is 24.3 Å². The number of carbonyl (C=O) groups is 2. The number of aliphatic carboxylic acids is 1. The van der Waals surface area contributed by atoms with Gasteiger partial charge in [0.25, 0.3) is 0 Å². The largest absolute Gasteiger partial charge is 0.491 e. The topological polar surface area (TPSA) is 66.8 Å². The van der Waals surface area contributed by atoms with Crippen LogP contribution in [0.2, 0.25) is 0 Å². The normalized spacial score (nSPS) is 11.0. The fourth-order valence-electron chi connectivity index (χ4n) is 4.88. The number of rotatable bonds is 27. The molecule has 5 nitrogen and oxygen atoms in total. The molecule has 1 rings (SSSR count). The van der Waals surface area contributed by atoms with Gasteiger partial charge in [-0.2, -0.15) is 12.6 Å². The van der Waals surface area contributed by atoms with Gasteiger partial charge in [0.05, 0.1) is 12.3 Å². The van der Waals surface area contributed by atoms with Crippen molar-refractivity contribution in [1.82, 2.24) is 0 Å². The van der Waals surface area contributed by atoms with Gasteiger partial charge in [0.1, 0.15) is 5.75 Å². The second-order valence-electron chi connectivity index (χ2n) is 10.8. The molecule has 0 atom stereocenters. The zero-order chi connectivity index (χ0) is 28.4. The predicted octanol–water partition coefficient (Wildman–Crippen LogP) is 9.62. The third-order valence-electron chi connectivity index (χ3n) is 7.28. The summed E-state index contributed by atoms with van der Waals surface area (Å²) >= 11 is 4.28. The summed E-state index contributed by atoms with van der Waals surface area (Å²) < 4.78 is 6.05. The van der Waals surface area contributed by atoms with E-state index in [-0.39, 0.29) is 5.91 Å². The molecule has 0 saturated carbocycles. The molecule has 1 aromatic rings. The molecule has 0 aromatic heterocycles. The second-order valence-corrected chi connectivity index (χ2v) is 11.3. The Morgan fingerprint density at radius 3 is 1.74 bits per heavy atom. The van der Waals surface area contributed by atoms with Crippen molar-refractivity contribution in [3.05, 3.63) is 24.3 Å². The van der Waals surface area contributed by atoms with E-state index >= 15 is 0 Å². The summed E-state index contributed by atoms with van der Waals surface area (Å²) in [5.41, 5.74) is 0.914. The van der Waals surface area contributed by atoms with Crippen LogP contribution in [0.25, 0.3) is 0 Å². The van der Waals surface area contributed by atoms with E-state index in [1.54, 1.807) is 0 Å². The summed E-state index contributed by atoms with van der Waals surface area (Å²) in [5, 5.41) is 8.65. The molecule has 0 heterocycles. The van der Waals surface area contributed by atoms with Crippen molar-refractivity contribution in [1.29, 1.82) is 0 Å². The molecule has 39 heavy (non-hydrogen) atoms. The van der Waals surface area contributed by atoms with Crippen molar-refractivity contribution in [2.45, 2.75) is 142 Å². The van der Waals surface area contributed by atoms with Crippen LogP contribution in [0.4, 0.5) is 5.69 Å². The number of carbonyl (C=O) groups excluding carboxylic acids is 1. The van der Waals surface area contributed by atoms with Gasteiger partial charge in [0, 0.05) is 19.4 Å². The van der Waals surface area contributed by atoms with Crippen LogP contribution in [0.1, 0.15) is 142 Å². The van der Waals surface area contributed by atoms with Crippen molar-refractivity contribution in [2.24, 2.45) is 0 Å². The summed E-state index contributed by atoms with van der Waals surface area (Å²) in [6.45, 7) is 3.57. The van der Waals surface area contributed by atoms with Gasteiger partial charge >= 0.3 is 5.97 Å². The summed E-state index contributed by atoms with van der Waals surface area (Å²) in [4.78, 5) is 25.6. The Morgan fingerprint density at radius 1 is 0.718 bits per heavy atom. The van der Waals surface area contributed by atoms with Crippen LogP contribution in [-0.2, 0) is 9.59 Å². The molecule has 224 valence electrons. The number of amides is 1. The lowest BCUT2D eigenvalue weighted by Gasteiger charge is -2.25. The fourth-order valence-corrected chi connectivity index (χ4v) is 5.10. The highest BCUT2D eigenvalue weighted by Crippen LogP contribution is 2.29. The third kappa shape index (κ3) is 19.1. The zero-order valence-electron chi connectivity index (χ0n) is 24.8. The molecular weight excluding hydrogens is 506 g/mol. The van der Waals surface area contributed by atoms with Crippen molar-refractivity contribution in [3.63, 3.8) is 0 Å². The third-order valence-corrected chi connectivity index (χ3v) is 7.60. The minimum atomic E-state index is -0.672. The summed E-state index contributed by atoms with van der Waals surface area (Å²) in [6, 6.07) is 7.98. The van der Waals surface area contributed by atoms with Crippen LogP contribution >= 0.6 is 12.6 Å². The molecule has 0 aliphatic rings. The molecule has 0 bridgehead atoms.